The van der Waals surface area contributed by atoms with Crippen molar-refractivity contribution in [3.05, 3.63) is 57.6 Å². The van der Waals surface area contributed by atoms with Crippen molar-refractivity contribution in [2.24, 2.45) is 0 Å². The van der Waals surface area contributed by atoms with Gasteiger partial charge in [0.15, 0.2) is 0 Å². The molecule has 0 radical (unpaired) electrons. The smallest absolute Gasteiger partial charge is 0.0402 e. The van der Waals surface area contributed by atoms with Crippen molar-refractivity contribution in [3.8, 4) is 0 Å². The van der Waals surface area contributed by atoms with Gasteiger partial charge >= 0.3 is 0 Å². The first-order valence-corrected chi connectivity index (χ1v) is 10.4. The zero-order valence-corrected chi connectivity index (χ0v) is 19.3. The van der Waals surface area contributed by atoms with Crippen LogP contribution in [0.5, 0.6) is 0 Å². The maximum absolute atomic E-state index is 3.72. The van der Waals surface area contributed by atoms with E-state index in [-0.39, 0.29) is 0 Å². The first-order valence-electron chi connectivity index (χ1n) is 10.4. The first-order chi connectivity index (χ1) is 13.1. The van der Waals surface area contributed by atoms with Crippen molar-refractivity contribution in [1.29, 1.82) is 0 Å². The maximum atomic E-state index is 3.72. The molecule has 3 heteroatoms. The molecule has 28 heavy (non-hydrogen) atoms. The number of aryl methyl sites for hydroxylation is 6. The number of anilines is 2. The van der Waals surface area contributed by atoms with Crippen LogP contribution in [0.1, 0.15) is 47.2 Å². The van der Waals surface area contributed by atoms with Gasteiger partial charge in [-0.05, 0) is 84.7 Å². The zero-order chi connectivity index (χ0) is 21.0. The third-order valence-corrected chi connectivity index (χ3v) is 5.31. The summed E-state index contributed by atoms with van der Waals surface area (Å²) >= 11 is 0. The standard InChI is InChI=1S/C25H39N3/c1-16-10-18(3)24(19(4)11-16)26-22(7)14-28(9)15-23(8)27-25-20(5)12-17(2)13-21(25)6/h10-13,22-23,26-27H,14-15H2,1-9H3. The van der Waals surface area contributed by atoms with E-state index < -0.39 is 0 Å². The number of nitrogens with zero attached hydrogens (tertiary/aromatic N) is 1. The molecule has 2 N–H and O–H groups in total. The van der Waals surface area contributed by atoms with Gasteiger partial charge in [-0.15, -0.1) is 0 Å². The van der Waals surface area contributed by atoms with Crippen LogP contribution >= 0.6 is 0 Å². The molecule has 0 saturated carbocycles. The Balaban J connectivity index is 1.92. The molecular formula is C25H39N3. The second-order valence-electron chi connectivity index (χ2n) is 8.86. The third kappa shape index (κ3) is 6.00. The van der Waals surface area contributed by atoms with E-state index in [1.54, 1.807) is 0 Å². The van der Waals surface area contributed by atoms with Crippen molar-refractivity contribution in [3.63, 3.8) is 0 Å². The van der Waals surface area contributed by atoms with E-state index in [2.05, 4.69) is 102 Å². The quantitative estimate of drug-likeness (QED) is 0.608. The molecule has 3 nitrogen and oxygen atoms in total. The molecule has 0 heterocycles. The Hall–Kier alpha value is -2.00. The molecule has 0 amide bonds. The zero-order valence-electron chi connectivity index (χ0n) is 19.3. The number of benzene rings is 2. The first kappa shape index (κ1) is 22.3. The second kappa shape index (κ2) is 9.47. The van der Waals surface area contributed by atoms with Crippen LogP contribution in [0.15, 0.2) is 24.3 Å². The van der Waals surface area contributed by atoms with Gasteiger partial charge in [0.1, 0.15) is 0 Å². The highest BCUT2D eigenvalue weighted by atomic mass is 15.1. The number of rotatable bonds is 8. The Morgan fingerprint density at radius 2 is 0.929 bits per heavy atom. The van der Waals surface area contributed by atoms with Crippen LogP contribution in [0.4, 0.5) is 11.4 Å². The SMILES string of the molecule is Cc1cc(C)c(NC(C)CN(C)CC(C)Nc2c(C)cc(C)cc2C)c(C)c1. The van der Waals surface area contributed by atoms with Crippen LogP contribution in [0.3, 0.4) is 0 Å². The Morgan fingerprint density at radius 3 is 1.21 bits per heavy atom. The third-order valence-electron chi connectivity index (χ3n) is 5.31. The highest BCUT2D eigenvalue weighted by Crippen LogP contribution is 2.24. The molecule has 2 atom stereocenters. The molecule has 0 aliphatic heterocycles. The fourth-order valence-corrected chi connectivity index (χ4v) is 4.41. The van der Waals surface area contributed by atoms with Gasteiger partial charge in [-0.1, -0.05) is 35.4 Å². The molecule has 0 fully saturated rings. The van der Waals surface area contributed by atoms with E-state index in [0.717, 1.165) is 13.1 Å². The molecule has 2 aromatic carbocycles. The normalized spacial score (nSPS) is 13.5. The van der Waals surface area contributed by atoms with Gasteiger partial charge in [-0.25, -0.2) is 0 Å². The number of hydrogen-bond donors (Lipinski definition) is 2. The summed E-state index contributed by atoms with van der Waals surface area (Å²) in [7, 11) is 2.21. The largest absolute Gasteiger partial charge is 0.381 e. The molecule has 0 aromatic heterocycles. The van der Waals surface area contributed by atoms with Gasteiger partial charge in [0.25, 0.3) is 0 Å². The van der Waals surface area contributed by atoms with Gasteiger partial charge in [-0.3, -0.25) is 0 Å². The molecule has 0 aliphatic carbocycles. The van der Waals surface area contributed by atoms with Crippen molar-refractivity contribution >= 4 is 11.4 Å². The van der Waals surface area contributed by atoms with Gasteiger partial charge < -0.3 is 15.5 Å². The van der Waals surface area contributed by atoms with E-state index in [1.807, 2.05) is 0 Å². The summed E-state index contributed by atoms with van der Waals surface area (Å²) in [5, 5.41) is 7.44. The summed E-state index contributed by atoms with van der Waals surface area (Å²) in [6.45, 7) is 19.6. The van der Waals surface area contributed by atoms with Crippen LogP contribution < -0.4 is 10.6 Å². The Morgan fingerprint density at radius 1 is 0.643 bits per heavy atom. The summed E-state index contributed by atoms with van der Waals surface area (Å²) in [5.74, 6) is 0. The molecule has 0 saturated heterocycles. The number of likely N-dealkylation sites (N-methyl/N-ethyl adjacent to an activating group) is 1. The minimum atomic E-state index is 0.389. The lowest BCUT2D eigenvalue weighted by Crippen LogP contribution is -2.38. The predicted octanol–water partition coefficient (Wildman–Crippen LogP) is 5.77. The molecule has 0 aliphatic rings. The summed E-state index contributed by atoms with van der Waals surface area (Å²) in [4.78, 5) is 2.41. The lowest BCUT2D eigenvalue weighted by molar-refractivity contribution is 0.314. The second-order valence-corrected chi connectivity index (χ2v) is 8.86. The van der Waals surface area contributed by atoms with E-state index in [1.165, 1.54) is 44.8 Å². The molecule has 154 valence electrons. The van der Waals surface area contributed by atoms with Gasteiger partial charge in [0.2, 0.25) is 0 Å². The summed E-state index contributed by atoms with van der Waals surface area (Å²) in [6, 6.07) is 9.79. The van der Waals surface area contributed by atoms with Crippen molar-refractivity contribution < 1.29 is 0 Å². The highest BCUT2D eigenvalue weighted by Gasteiger charge is 2.13. The molecular weight excluding hydrogens is 342 g/mol. The summed E-state index contributed by atoms with van der Waals surface area (Å²) < 4.78 is 0. The predicted molar refractivity (Wildman–Crippen MR) is 125 cm³/mol. The fourth-order valence-electron chi connectivity index (χ4n) is 4.41. The number of nitrogens with one attached hydrogen (secondary N) is 2. The summed E-state index contributed by atoms with van der Waals surface area (Å²) in [6.07, 6.45) is 0. The Labute approximate surface area is 172 Å². The molecule has 2 rings (SSSR count). The average Bonchev–Trinajstić information content (AvgIpc) is 2.54. The van der Waals surface area contributed by atoms with E-state index in [4.69, 9.17) is 0 Å². The average molecular weight is 382 g/mol. The van der Waals surface area contributed by atoms with E-state index in [9.17, 15) is 0 Å². The minimum Gasteiger partial charge on any atom is -0.381 e. The molecule has 2 unspecified atom stereocenters. The van der Waals surface area contributed by atoms with Crippen LogP contribution in [-0.4, -0.2) is 37.1 Å². The summed E-state index contributed by atoms with van der Waals surface area (Å²) in [5.41, 5.74) is 10.5. The van der Waals surface area contributed by atoms with Crippen molar-refractivity contribution in [1.82, 2.24) is 4.90 Å². The molecule has 2 aromatic rings. The van der Waals surface area contributed by atoms with Gasteiger partial charge in [0, 0.05) is 36.5 Å². The van der Waals surface area contributed by atoms with E-state index in [0.29, 0.717) is 12.1 Å². The van der Waals surface area contributed by atoms with Crippen molar-refractivity contribution in [2.45, 2.75) is 67.5 Å². The lowest BCUT2D eigenvalue weighted by atomic mass is 10.0. The van der Waals surface area contributed by atoms with Crippen molar-refractivity contribution in [2.75, 3.05) is 30.8 Å². The molecule has 0 bridgehead atoms. The fraction of sp³-hybridized carbons (Fsp3) is 0.520. The minimum absolute atomic E-state index is 0.389. The Kier molecular flexibility index (Phi) is 7.54. The van der Waals surface area contributed by atoms with Crippen LogP contribution in [0.25, 0.3) is 0 Å². The monoisotopic (exact) mass is 381 g/mol. The van der Waals surface area contributed by atoms with Gasteiger partial charge in [-0.2, -0.15) is 0 Å². The van der Waals surface area contributed by atoms with Crippen LogP contribution in [0, 0.1) is 41.5 Å². The molecule has 0 spiro atoms. The lowest BCUT2D eigenvalue weighted by Gasteiger charge is -2.28. The van der Waals surface area contributed by atoms with Crippen LogP contribution in [0.2, 0.25) is 0 Å². The highest BCUT2D eigenvalue weighted by molar-refractivity contribution is 5.59. The maximum Gasteiger partial charge on any atom is 0.0402 e. The number of hydrogen-bond acceptors (Lipinski definition) is 3. The topological polar surface area (TPSA) is 27.3 Å². The van der Waals surface area contributed by atoms with Gasteiger partial charge in [0.05, 0.1) is 0 Å². The Bertz CT molecular complexity index is 696. The van der Waals surface area contributed by atoms with E-state index >= 15 is 0 Å². The van der Waals surface area contributed by atoms with Crippen LogP contribution in [-0.2, 0) is 0 Å².